The average molecular weight is 402 g/mol. The van der Waals surface area contributed by atoms with Crippen LogP contribution in [0.1, 0.15) is 31.4 Å². The van der Waals surface area contributed by atoms with Crippen LogP contribution in [0.5, 0.6) is 5.75 Å². The van der Waals surface area contributed by atoms with E-state index in [1.807, 2.05) is 16.9 Å². The minimum atomic E-state index is 0.570. The standard InChI is InChI=1S/C24H27N5O/c1-28(19-13-16-3-4-17(14-19)26-16)24-8-7-20-21-6-5-18(29-11-2-10-25-29)15-23(21)30-12-9-22(20)27-24/h2,5-8,10-11,15-17,19,26H,3-4,9,12-14H2,1H3. The van der Waals surface area contributed by atoms with Crippen molar-refractivity contribution in [1.82, 2.24) is 20.1 Å². The molecule has 154 valence electrons. The first-order valence-electron chi connectivity index (χ1n) is 11.0. The van der Waals surface area contributed by atoms with E-state index in [1.54, 1.807) is 6.20 Å². The van der Waals surface area contributed by atoms with Crippen LogP contribution in [0.15, 0.2) is 48.8 Å². The Morgan fingerprint density at radius 3 is 2.73 bits per heavy atom. The van der Waals surface area contributed by atoms with E-state index in [0.717, 1.165) is 34.9 Å². The number of pyridine rings is 1. The highest BCUT2D eigenvalue weighted by Crippen LogP contribution is 2.38. The van der Waals surface area contributed by atoms with Crippen LogP contribution in [0.2, 0.25) is 0 Å². The van der Waals surface area contributed by atoms with Gasteiger partial charge in [0.05, 0.1) is 18.0 Å². The van der Waals surface area contributed by atoms with Crippen molar-refractivity contribution in [3.63, 3.8) is 0 Å². The van der Waals surface area contributed by atoms with E-state index in [2.05, 4.69) is 52.7 Å². The lowest BCUT2D eigenvalue weighted by molar-refractivity contribution is 0.325. The molecular weight excluding hydrogens is 374 g/mol. The van der Waals surface area contributed by atoms with Gasteiger partial charge in [0.15, 0.2) is 0 Å². The summed E-state index contributed by atoms with van der Waals surface area (Å²) in [5.74, 6) is 1.98. The third kappa shape index (κ3) is 3.06. The fourth-order valence-electron chi connectivity index (χ4n) is 5.33. The first-order chi connectivity index (χ1) is 14.7. The van der Waals surface area contributed by atoms with E-state index in [-0.39, 0.29) is 0 Å². The summed E-state index contributed by atoms with van der Waals surface area (Å²) < 4.78 is 7.98. The smallest absolute Gasteiger partial charge is 0.129 e. The van der Waals surface area contributed by atoms with Crippen LogP contribution in [0.3, 0.4) is 0 Å². The van der Waals surface area contributed by atoms with Crippen molar-refractivity contribution in [3.8, 4) is 22.6 Å². The number of anilines is 1. The van der Waals surface area contributed by atoms with Crippen LogP contribution in [-0.4, -0.2) is 46.5 Å². The molecule has 2 unspecified atom stereocenters. The Morgan fingerprint density at radius 2 is 1.93 bits per heavy atom. The number of hydrogen-bond acceptors (Lipinski definition) is 5. The molecule has 30 heavy (non-hydrogen) atoms. The quantitative estimate of drug-likeness (QED) is 0.727. The Labute approximate surface area is 176 Å². The Bertz CT molecular complexity index is 1050. The van der Waals surface area contributed by atoms with E-state index in [4.69, 9.17) is 9.72 Å². The maximum absolute atomic E-state index is 6.12. The largest absolute Gasteiger partial charge is 0.492 e. The van der Waals surface area contributed by atoms with Gasteiger partial charge in [-0.3, -0.25) is 0 Å². The molecular formula is C24H27N5O. The molecule has 5 heterocycles. The number of rotatable bonds is 3. The summed E-state index contributed by atoms with van der Waals surface area (Å²) in [5, 5.41) is 8.07. The molecule has 0 saturated carbocycles. The first-order valence-corrected chi connectivity index (χ1v) is 11.0. The van der Waals surface area contributed by atoms with Gasteiger partial charge in [0.2, 0.25) is 0 Å². The van der Waals surface area contributed by atoms with Gasteiger partial charge in [-0.05, 0) is 56.0 Å². The molecule has 6 heteroatoms. The number of piperidine rings is 1. The molecule has 2 fully saturated rings. The Hall–Kier alpha value is -2.86. The second kappa shape index (κ2) is 7.13. The van der Waals surface area contributed by atoms with E-state index < -0.39 is 0 Å². The highest BCUT2D eigenvalue weighted by Gasteiger charge is 2.35. The van der Waals surface area contributed by atoms with Gasteiger partial charge >= 0.3 is 0 Å². The number of aromatic nitrogens is 3. The third-order valence-corrected chi connectivity index (χ3v) is 6.94. The average Bonchev–Trinajstić information content (AvgIpc) is 3.38. The minimum Gasteiger partial charge on any atom is -0.492 e. The van der Waals surface area contributed by atoms with Crippen LogP contribution < -0.4 is 15.0 Å². The molecule has 3 aliphatic heterocycles. The second-order valence-corrected chi connectivity index (χ2v) is 8.77. The number of benzene rings is 1. The summed E-state index contributed by atoms with van der Waals surface area (Å²) in [5.41, 5.74) is 4.42. The van der Waals surface area contributed by atoms with Crippen LogP contribution >= 0.6 is 0 Å². The van der Waals surface area contributed by atoms with Crippen molar-refractivity contribution in [2.45, 2.75) is 50.2 Å². The SMILES string of the molecule is CN(c1ccc2c(n1)CCOc1cc(-n3cccn3)ccc1-2)C1CC2CCC(C1)N2. The zero-order valence-corrected chi connectivity index (χ0v) is 17.3. The molecule has 0 aliphatic carbocycles. The second-order valence-electron chi connectivity index (χ2n) is 8.77. The summed E-state index contributed by atoms with van der Waals surface area (Å²) in [6.07, 6.45) is 9.63. The predicted octanol–water partition coefficient (Wildman–Crippen LogP) is 3.59. The molecule has 1 aromatic carbocycles. The summed E-state index contributed by atoms with van der Waals surface area (Å²) in [6.45, 7) is 0.639. The Balaban J connectivity index is 1.31. The van der Waals surface area contributed by atoms with E-state index >= 15 is 0 Å². The maximum atomic E-state index is 6.12. The molecule has 6 nitrogen and oxygen atoms in total. The number of nitrogens with zero attached hydrogens (tertiary/aromatic N) is 4. The minimum absolute atomic E-state index is 0.570. The van der Waals surface area contributed by atoms with Crippen molar-refractivity contribution in [2.24, 2.45) is 0 Å². The zero-order valence-electron chi connectivity index (χ0n) is 17.3. The molecule has 2 saturated heterocycles. The van der Waals surface area contributed by atoms with Gasteiger partial charge in [-0.1, -0.05) is 0 Å². The van der Waals surface area contributed by atoms with Gasteiger partial charge in [0.25, 0.3) is 0 Å². The zero-order chi connectivity index (χ0) is 20.1. The molecule has 1 N–H and O–H groups in total. The molecule has 2 atom stereocenters. The molecule has 0 spiro atoms. The van der Waals surface area contributed by atoms with Gasteiger partial charge in [-0.2, -0.15) is 5.10 Å². The van der Waals surface area contributed by atoms with Crippen molar-refractivity contribution in [3.05, 3.63) is 54.5 Å². The highest BCUT2D eigenvalue weighted by molar-refractivity contribution is 5.75. The van der Waals surface area contributed by atoms with Crippen molar-refractivity contribution in [2.75, 3.05) is 18.6 Å². The summed E-state index contributed by atoms with van der Waals surface area (Å²) in [4.78, 5) is 7.50. The van der Waals surface area contributed by atoms with Gasteiger partial charge in [-0.25, -0.2) is 9.67 Å². The molecule has 0 radical (unpaired) electrons. The predicted molar refractivity (Wildman–Crippen MR) is 117 cm³/mol. The lowest BCUT2D eigenvalue weighted by Crippen LogP contribution is -2.47. The molecule has 2 aromatic heterocycles. The van der Waals surface area contributed by atoms with Crippen LogP contribution in [0.4, 0.5) is 5.82 Å². The molecule has 2 bridgehead atoms. The Kier molecular flexibility index (Phi) is 4.27. The normalized spacial score (nSPS) is 24.5. The third-order valence-electron chi connectivity index (χ3n) is 6.94. The van der Waals surface area contributed by atoms with Crippen LogP contribution in [0.25, 0.3) is 16.8 Å². The van der Waals surface area contributed by atoms with Gasteiger partial charge < -0.3 is 15.0 Å². The van der Waals surface area contributed by atoms with E-state index in [9.17, 15) is 0 Å². The lowest BCUT2D eigenvalue weighted by atomic mass is 9.98. The number of nitrogens with one attached hydrogen (secondary N) is 1. The van der Waals surface area contributed by atoms with Gasteiger partial charge in [-0.15, -0.1) is 0 Å². The van der Waals surface area contributed by atoms with Crippen LogP contribution in [0, 0.1) is 0 Å². The number of fused-ring (bicyclic) bond motifs is 5. The van der Waals surface area contributed by atoms with Crippen LogP contribution in [-0.2, 0) is 6.42 Å². The molecule has 0 amide bonds. The number of ether oxygens (including phenoxy) is 1. The fraction of sp³-hybridized carbons (Fsp3) is 0.417. The van der Waals surface area contributed by atoms with Crippen molar-refractivity contribution in [1.29, 1.82) is 0 Å². The summed E-state index contributed by atoms with van der Waals surface area (Å²) >= 11 is 0. The molecule has 3 aliphatic rings. The maximum Gasteiger partial charge on any atom is 0.129 e. The Morgan fingerprint density at radius 1 is 1.10 bits per heavy atom. The fourth-order valence-corrected chi connectivity index (χ4v) is 5.33. The first kappa shape index (κ1) is 18.0. The summed E-state index contributed by atoms with van der Waals surface area (Å²) in [6, 6.07) is 14.6. The van der Waals surface area contributed by atoms with E-state index in [0.29, 0.717) is 24.7 Å². The van der Waals surface area contributed by atoms with Crippen molar-refractivity contribution < 1.29 is 4.74 Å². The van der Waals surface area contributed by atoms with Crippen molar-refractivity contribution >= 4 is 5.82 Å². The molecule has 6 rings (SSSR count). The summed E-state index contributed by atoms with van der Waals surface area (Å²) in [7, 11) is 2.21. The monoisotopic (exact) mass is 401 g/mol. The van der Waals surface area contributed by atoms with E-state index in [1.165, 1.54) is 31.2 Å². The number of hydrogen-bond donors (Lipinski definition) is 1. The lowest BCUT2D eigenvalue weighted by Gasteiger charge is -2.36. The highest BCUT2D eigenvalue weighted by atomic mass is 16.5. The molecule has 3 aromatic rings. The van der Waals surface area contributed by atoms with Gasteiger partial charge in [0, 0.05) is 61.2 Å². The van der Waals surface area contributed by atoms with Gasteiger partial charge in [0.1, 0.15) is 11.6 Å². The topological polar surface area (TPSA) is 55.2 Å².